The predicted octanol–water partition coefficient (Wildman–Crippen LogP) is 3.63. The van der Waals surface area contributed by atoms with Crippen molar-refractivity contribution in [3.63, 3.8) is 0 Å². The van der Waals surface area contributed by atoms with Crippen LogP contribution >= 0.6 is 0 Å². The summed E-state index contributed by atoms with van der Waals surface area (Å²) < 4.78 is 10.5. The number of ether oxygens (including phenoxy) is 2. The maximum absolute atomic E-state index is 12.3. The first-order valence-corrected chi connectivity index (χ1v) is 6.12. The molecule has 18 heavy (non-hydrogen) atoms. The molecule has 0 aliphatic carbocycles. The van der Waals surface area contributed by atoms with Gasteiger partial charge in [-0.3, -0.25) is 4.79 Å². The first kappa shape index (κ1) is 14.3. The summed E-state index contributed by atoms with van der Waals surface area (Å²) in [5.74, 6) is 1.02. The zero-order chi connectivity index (χ0) is 13.5. The lowest BCUT2D eigenvalue weighted by Crippen LogP contribution is -2.03. The minimum Gasteiger partial charge on any atom is -0.496 e. The Bertz CT molecular complexity index is 419. The van der Waals surface area contributed by atoms with E-state index in [1.54, 1.807) is 38.5 Å². The molecule has 0 bridgehead atoms. The molecule has 0 fully saturated rings. The van der Waals surface area contributed by atoms with E-state index in [9.17, 15) is 4.79 Å². The number of hydrogen-bond acceptors (Lipinski definition) is 3. The summed E-state index contributed by atoms with van der Waals surface area (Å²) in [6, 6.07) is 5.33. The number of ketones is 1. The lowest BCUT2D eigenvalue weighted by molar-refractivity contribution is 0.104. The lowest BCUT2D eigenvalue weighted by atomic mass is 10.0. The van der Waals surface area contributed by atoms with Gasteiger partial charge < -0.3 is 9.47 Å². The summed E-state index contributed by atoms with van der Waals surface area (Å²) in [4.78, 5) is 12.3. The first-order chi connectivity index (χ1) is 8.67. The summed E-state index contributed by atoms with van der Waals surface area (Å²) in [6.45, 7) is 4.09. The largest absolute Gasteiger partial charge is 0.496 e. The van der Waals surface area contributed by atoms with Gasteiger partial charge in [-0.15, -0.1) is 0 Å². The zero-order valence-electron chi connectivity index (χ0n) is 11.4. The highest BCUT2D eigenvalue weighted by Crippen LogP contribution is 2.29. The van der Waals surface area contributed by atoms with Gasteiger partial charge in [-0.25, -0.2) is 0 Å². The minimum atomic E-state index is -0.0667. The van der Waals surface area contributed by atoms with Crippen LogP contribution in [0.25, 0.3) is 0 Å². The molecule has 1 rings (SSSR count). The average molecular weight is 248 g/mol. The van der Waals surface area contributed by atoms with E-state index in [4.69, 9.17) is 9.47 Å². The molecular formula is C15H20O3. The van der Waals surface area contributed by atoms with Crippen LogP contribution in [0.2, 0.25) is 0 Å². The number of hydrogen-bond donors (Lipinski definition) is 0. The van der Waals surface area contributed by atoms with Crippen LogP contribution in [0.3, 0.4) is 0 Å². The Morgan fingerprint density at radius 2 is 1.61 bits per heavy atom. The molecule has 0 N–H and O–H groups in total. The summed E-state index contributed by atoms with van der Waals surface area (Å²) in [5, 5.41) is 0. The number of rotatable bonds is 6. The molecule has 0 atom stereocenters. The van der Waals surface area contributed by atoms with E-state index in [0.29, 0.717) is 17.1 Å². The van der Waals surface area contributed by atoms with Crippen LogP contribution in [0.1, 0.15) is 37.0 Å². The Morgan fingerprint density at radius 3 is 2.00 bits per heavy atom. The third-order valence-corrected chi connectivity index (χ3v) is 2.92. The molecule has 3 nitrogen and oxygen atoms in total. The molecule has 0 radical (unpaired) electrons. The van der Waals surface area contributed by atoms with Crippen molar-refractivity contribution in [1.82, 2.24) is 0 Å². The third-order valence-electron chi connectivity index (χ3n) is 2.92. The Labute approximate surface area is 108 Å². The van der Waals surface area contributed by atoms with Crippen LogP contribution in [-0.4, -0.2) is 20.0 Å². The fourth-order valence-electron chi connectivity index (χ4n) is 1.81. The average Bonchev–Trinajstić information content (AvgIpc) is 2.43. The maximum Gasteiger partial charge on any atom is 0.193 e. The number of carbonyl (C=O) groups excluding carboxylic acids is 1. The Kier molecular flexibility index (Phi) is 5.43. The number of benzene rings is 1. The number of carbonyl (C=O) groups is 1. The van der Waals surface area contributed by atoms with E-state index in [2.05, 4.69) is 0 Å². The van der Waals surface area contributed by atoms with Gasteiger partial charge in [-0.05, 0) is 31.1 Å². The van der Waals surface area contributed by atoms with Crippen LogP contribution in [0, 0.1) is 0 Å². The molecular weight excluding hydrogens is 228 g/mol. The second-order valence-electron chi connectivity index (χ2n) is 3.91. The molecule has 0 saturated heterocycles. The monoisotopic (exact) mass is 248 g/mol. The molecule has 0 unspecified atom stereocenters. The van der Waals surface area contributed by atoms with Crippen LogP contribution in [0.15, 0.2) is 29.8 Å². The summed E-state index contributed by atoms with van der Waals surface area (Å²) in [7, 11) is 3.10. The van der Waals surface area contributed by atoms with Gasteiger partial charge in [0, 0.05) is 0 Å². The molecule has 0 aromatic heterocycles. The van der Waals surface area contributed by atoms with Crippen molar-refractivity contribution in [2.45, 2.75) is 26.7 Å². The highest BCUT2D eigenvalue weighted by atomic mass is 16.5. The second kappa shape index (κ2) is 6.84. The molecule has 0 saturated carbocycles. The highest BCUT2D eigenvalue weighted by Gasteiger charge is 2.16. The van der Waals surface area contributed by atoms with E-state index in [-0.39, 0.29) is 5.78 Å². The molecule has 0 aliphatic heterocycles. The van der Waals surface area contributed by atoms with Gasteiger partial charge >= 0.3 is 0 Å². The Hall–Kier alpha value is -1.77. The van der Waals surface area contributed by atoms with Crippen molar-refractivity contribution < 1.29 is 14.3 Å². The third kappa shape index (κ3) is 3.13. The number of allylic oxidation sites excluding steroid dienone is 2. The molecule has 0 aliphatic rings. The van der Waals surface area contributed by atoms with Gasteiger partial charge in [-0.1, -0.05) is 25.5 Å². The first-order valence-electron chi connectivity index (χ1n) is 6.12. The van der Waals surface area contributed by atoms with Gasteiger partial charge in [0.1, 0.15) is 17.1 Å². The van der Waals surface area contributed by atoms with Gasteiger partial charge in [0.05, 0.1) is 14.2 Å². The van der Waals surface area contributed by atoms with Crippen LogP contribution in [0.4, 0.5) is 0 Å². The zero-order valence-corrected chi connectivity index (χ0v) is 11.4. The topological polar surface area (TPSA) is 35.5 Å². The fraction of sp³-hybridized carbons (Fsp3) is 0.400. The Balaban J connectivity index is 3.22. The SMILES string of the molecule is CCC(=CC(=O)c1c(OC)cccc1OC)CC. The van der Waals surface area contributed by atoms with Crippen molar-refractivity contribution in [3.8, 4) is 11.5 Å². The van der Waals surface area contributed by atoms with Crippen molar-refractivity contribution in [1.29, 1.82) is 0 Å². The fourth-order valence-corrected chi connectivity index (χ4v) is 1.81. The van der Waals surface area contributed by atoms with Gasteiger partial charge in [0.25, 0.3) is 0 Å². The normalized spacial score (nSPS) is 9.78. The highest BCUT2D eigenvalue weighted by molar-refractivity contribution is 6.09. The molecule has 98 valence electrons. The maximum atomic E-state index is 12.3. The molecule has 0 amide bonds. The van der Waals surface area contributed by atoms with Gasteiger partial charge in [-0.2, -0.15) is 0 Å². The summed E-state index contributed by atoms with van der Waals surface area (Å²) >= 11 is 0. The Morgan fingerprint density at radius 1 is 1.11 bits per heavy atom. The van der Waals surface area contributed by atoms with Crippen molar-refractivity contribution >= 4 is 5.78 Å². The summed E-state index contributed by atoms with van der Waals surface area (Å²) in [5.41, 5.74) is 1.61. The minimum absolute atomic E-state index is 0.0667. The van der Waals surface area contributed by atoms with E-state index >= 15 is 0 Å². The molecule has 0 heterocycles. The van der Waals surface area contributed by atoms with Crippen molar-refractivity contribution in [2.75, 3.05) is 14.2 Å². The van der Waals surface area contributed by atoms with E-state index in [1.165, 1.54) is 0 Å². The number of methoxy groups -OCH3 is 2. The standard InChI is InChI=1S/C15H20O3/c1-5-11(6-2)10-12(16)15-13(17-3)8-7-9-14(15)18-4/h7-10H,5-6H2,1-4H3. The molecule has 0 spiro atoms. The van der Waals surface area contributed by atoms with E-state index in [0.717, 1.165) is 18.4 Å². The van der Waals surface area contributed by atoms with Crippen LogP contribution < -0.4 is 9.47 Å². The molecule has 3 heteroatoms. The molecule has 1 aromatic rings. The van der Waals surface area contributed by atoms with Crippen LogP contribution in [-0.2, 0) is 0 Å². The van der Waals surface area contributed by atoms with E-state index < -0.39 is 0 Å². The van der Waals surface area contributed by atoms with E-state index in [1.807, 2.05) is 13.8 Å². The quantitative estimate of drug-likeness (QED) is 0.569. The van der Waals surface area contributed by atoms with Crippen molar-refractivity contribution in [2.24, 2.45) is 0 Å². The van der Waals surface area contributed by atoms with Gasteiger partial charge in [0.15, 0.2) is 5.78 Å². The molecule has 1 aromatic carbocycles. The van der Waals surface area contributed by atoms with Crippen molar-refractivity contribution in [3.05, 3.63) is 35.4 Å². The smallest absolute Gasteiger partial charge is 0.193 e. The predicted molar refractivity (Wildman–Crippen MR) is 72.5 cm³/mol. The van der Waals surface area contributed by atoms with Crippen LogP contribution in [0.5, 0.6) is 11.5 Å². The lowest BCUT2D eigenvalue weighted by Gasteiger charge is -2.11. The van der Waals surface area contributed by atoms with Gasteiger partial charge in [0.2, 0.25) is 0 Å². The summed E-state index contributed by atoms with van der Waals surface area (Å²) in [6.07, 6.45) is 3.43. The second-order valence-corrected chi connectivity index (χ2v) is 3.91.